The van der Waals surface area contributed by atoms with E-state index in [-0.39, 0.29) is 0 Å². The summed E-state index contributed by atoms with van der Waals surface area (Å²) in [7, 11) is 3.15. The summed E-state index contributed by atoms with van der Waals surface area (Å²) in [5.41, 5.74) is 2.59. The predicted octanol–water partition coefficient (Wildman–Crippen LogP) is 3.44. The lowest BCUT2D eigenvalue weighted by atomic mass is 10.0. The number of esters is 1. The molecule has 0 N–H and O–H groups in total. The van der Waals surface area contributed by atoms with Gasteiger partial charge in [-0.2, -0.15) is 0 Å². The van der Waals surface area contributed by atoms with Crippen LogP contribution < -0.4 is 9.47 Å². The van der Waals surface area contributed by atoms with Gasteiger partial charge >= 0.3 is 5.97 Å². The molecule has 2 aromatic carbocycles. The molecule has 5 heteroatoms. The smallest absolute Gasteiger partial charge is 0.364 e. The van der Waals surface area contributed by atoms with Crippen LogP contribution in [0.5, 0.6) is 11.5 Å². The first kappa shape index (κ1) is 15.8. The van der Waals surface area contributed by atoms with E-state index in [1.54, 1.807) is 20.3 Å². The van der Waals surface area contributed by atoms with Crippen molar-refractivity contribution in [2.75, 3.05) is 14.2 Å². The van der Waals surface area contributed by atoms with Crippen molar-refractivity contribution in [3.05, 3.63) is 65.4 Å². The van der Waals surface area contributed by atoms with Crippen LogP contribution in [-0.4, -0.2) is 26.1 Å². The molecule has 2 aromatic rings. The molecule has 122 valence electrons. The Bertz CT molecular complexity index is 838. The predicted molar refractivity (Wildman–Crippen MR) is 91.2 cm³/mol. The molecular formula is C19H17NO4. The molecule has 0 fully saturated rings. The van der Waals surface area contributed by atoms with Gasteiger partial charge in [-0.1, -0.05) is 24.3 Å². The van der Waals surface area contributed by atoms with Crippen molar-refractivity contribution in [1.82, 2.24) is 0 Å². The second-order valence-electron chi connectivity index (χ2n) is 5.22. The van der Waals surface area contributed by atoms with E-state index < -0.39 is 5.97 Å². The average Bonchev–Trinajstić information content (AvgIpc) is 3.03. The Hall–Kier alpha value is -3.08. The standard InChI is InChI=1S/C19H17NO4/c1-12(14-9-10-15(22-2)16(11-14)23-3)17-19(21)24-18(20-17)13-7-5-4-6-8-13/h4-11H,1-3H3/b17-12+. The monoisotopic (exact) mass is 323 g/mol. The van der Waals surface area contributed by atoms with Gasteiger partial charge in [0.15, 0.2) is 17.2 Å². The maximum Gasteiger partial charge on any atom is 0.364 e. The first-order valence-corrected chi connectivity index (χ1v) is 7.43. The van der Waals surface area contributed by atoms with Crippen LogP contribution in [0.3, 0.4) is 0 Å². The Labute approximate surface area is 140 Å². The summed E-state index contributed by atoms with van der Waals surface area (Å²) >= 11 is 0. The Balaban J connectivity index is 2.02. The number of nitrogens with zero attached hydrogens (tertiary/aromatic N) is 1. The fourth-order valence-electron chi connectivity index (χ4n) is 2.45. The molecule has 0 saturated heterocycles. The van der Waals surface area contributed by atoms with Crippen molar-refractivity contribution < 1.29 is 19.0 Å². The number of allylic oxidation sites excluding steroid dienone is 1. The molecule has 0 atom stereocenters. The molecule has 0 saturated carbocycles. The number of cyclic esters (lactones) is 1. The van der Waals surface area contributed by atoms with Gasteiger partial charge in [-0.25, -0.2) is 9.79 Å². The first-order valence-electron chi connectivity index (χ1n) is 7.43. The lowest BCUT2D eigenvalue weighted by Crippen LogP contribution is -2.05. The molecule has 0 unspecified atom stereocenters. The summed E-state index contributed by atoms with van der Waals surface area (Å²) in [6.45, 7) is 1.83. The highest BCUT2D eigenvalue weighted by molar-refractivity contribution is 6.14. The number of methoxy groups -OCH3 is 2. The normalized spacial score (nSPS) is 15.6. The first-order chi connectivity index (χ1) is 11.6. The second-order valence-corrected chi connectivity index (χ2v) is 5.22. The lowest BCUT2D eigenvalue weighted by molar-refractivity contribution is -0.129. The van der Waals surface area contributed by atoms with Crippen molar-refractivity contribution in [3.8, 4) is 11.5 Å². The summed E-state index contributed by atoms with van der Waals surface area (Å²) in [6, 6.07) is 14.8. The summed E-state index contributed by atoms with van der Waals surface area (Å²) in [6.07, 6.45) is 0. The number of ether oxygens (including phenoxy) is 3. The minimum absolute atomic E-state index is 0.293. The minimum atomic E-state index is -0.457. The van der Waals surface area contributed by atoms with Gasteiger partial charge in [-0.15, -0.1) is 0 Å². The largest absolute Gasteiger partial charge is 0.493 e. The van der Waals surface area contributed by atoms with Gasteiger partial charge in [-0.05, 0) is 42.3 Å². The molecule has 0 radical (unpaired) electrons. The molecule has 0 amide bonds. The molecule has 0 bridgehead atoms. The summed E-state index contributed by atoms with van der Waals surface area (Å²) in [5, 5.41) is 0. The topological polar surface area (TPSA) is 57.1 Å². The van der Waals surface area contributed by atoms with Crippen LogP contribution in [0.2, 0.25) is 0 Å². The highest BCUT2D eigenvalue weighted by Crippen LogP contribution is 2.32. The number of hydrogen-bond donors (Lipinski definition) is 0. The molecule has 1 aliphatic heterocycles. The molecule has 3 rings (SSSR count). The molecular weight excluding hydrogens is 306 g/mol. The summed E-state index contributed by atoms with van der Waals surface area (Å²) < 4.78 is 15.8. The van der Waals surface area contributed by atoms with Crippen molar-refractivity contribution in [2.24, 2.45) is 4.99 Å². The zero-order valence-corrected chi connectivity index (χ0v) is 13.7. The fourth-order valence-corrected chi connectivity index (χ4v) is 2.45. The van der Waals surface area contributed by atoms with Gasteiger partial charge in [0.1, 0.15) is 0 Å². The zero-order chi connectivity index (χ0) is 17.1. The maximum atomic E-state index is 12.2. The second kappa shape index (κ2) is 6.58. The molecule has 5 nitrogen and oxygen atoms in total. The number of rotatable bonds is 4. The third kappa shape index (κ3) is 2.88. The molecule has 0 spiro atoms. The Morgan fingerprint density at radius 1 is 1.00 bits per heavy atom. The van der Waals surface area contributed by atoms with E-state index in [0.717, 1.165) is 11.1 Å². The number of hydrogen-bond acceptors (Lipinski definition) is 5. The lowest BCUT2D eigenvalue weighted by Gasteiger charge is -2.10. The van der Waals surface area contributed by atoms with Crippen LogP contribution in [0.15, 0.2) is 59.2 Å². The highest BCUT2D eigenvalue weighted by atomic mass is 16.6. The summed E-state index contributed by atoms with van der Waals surface area (Å²) in [5.74, 6) is 1.08. The number of carbonyl (C=O) groups excluding carboxylic acids is 1. The number of aliphatic imine (C=N–C) groups is 1. The van der Waals surface area contributed by atoms with Gasteiger partial charge in [0.05, 0.1) is 14.2 Å². The third-order valence-electron chi connectivity index (χ3n) is 3.79. The van der Waals surface area contributed by atoms with E-state index in [1.165, 1.54) is 0 Å². The SMILES string of the molecule is COc1ccc(/C(C)=C2/N=C(c3ccccc3)OC2=O)cc1OC. The molecule has 1 aliphatic rings. The van der Waals surface area contributed by atoms with E-state index in [1.807, 2.05) is 49.4 Å². The van der Waals surface area contributed by atoms with E-state index >= 15 is 0 Å². The van der Waals surface area contributed by atoms with E-state index in [9.17, 15) is 4.79 Å². The molecule has 0 aliphatic carbocycles. The quantitative estimate of drug-likeness (QED) is 0.639. The van der Waals surface area contributed by atoms with Crippen LogP contribution in [0.1, 0.15) is 18.1 Å². The van der Waals surface area contributed by atoms with Crippen molar-refractivity contribution >= 4 is 17.4 Å². The van der Waals surface area contributed by atoms with Crippen molar-refractivity contribution in [2.45, 2.75) is 6.92 Å². The molecule has 1 heterocycles. The van der Waals surface area contributed by atoms with E-state index in [2.05, 4.69) is 4.99 Å². The fraction of sp³-hybridized carbons (Fsp3) is 0.158. The van der Waals surface area contributed by atoms with Crippen LogP contribution in [0, 0.1) is 0 Å². The minimum Gasteiger partial charge on any atom is -0.493 e. The molecule has 0 aromatic heterocycles. The maximum absolute atomic E-state index is 12.2. The third-order valence-corrected chi connectivity index (χ3v) is 3.79. The van der Waals surface area contributed by atoms with Crippen LogP contribution in [0.25, 0.3) is 5.57 Å². The average molecular weight is 323 g/mol. The van der Waals surface area contributed by atoms with E-state index in [4.69, 9.17) is 14.2 Å². The molecule has 24 heavy (non-hydrogen) atoms. The number of benzene rings is 2. The summed E-state index contributed by atoms with van der Waals surface area (Å²) in [4.78, 5) is 16.6. The van der Waals surface area contributed by atoms with E-state index in [0.29, 0.717) is 28.7 Å². The highest BCUT2D eigenvalue weighted by Gasteiger charge is 2.26. The zero-order valence-electron chi connectivity index (χ0n) is 13.7. The van der Waals surface area contributed by atoms with Gasteiger partial charge in [0.25, 0.3) is 0 Å². The van der Waals surface area contributed by atoms with Gasteiger partial charge in [-0.3, -0.25) is 0 Å². The van der Waals surface area contributed by atoms with Crippen molar-refractivity contribution in [3.63, 3.8) is 0 Å². The van der Waals surface area contributed by atoms with Crippen LogP contribution in [0.4, 0.5) is 0 Å². The Morgan fingerprint density at radius 2 is 1.71 bits per heavy atom. The van der Waals surface area contributed by atoms with Gasteiger partial charge < -0.3 is 14.2 Å². The van der Waals surface area contributed by atoms with Gasteiger partial charge in [0, 0.05) is 5.56 Å². The number of carbonyl (C=O) groups is 1. The van der Waals surface area contributed by atoms with Crippen molar-refractivity contribution in [1.29, 1.82) is 0 Å². The van der Waals surface area contributed by atoms with Crippen LogP contribution in [-0.2, 0) is 9.53 Å². The Kier molecular flexibility index (Phi) is 4.33. The van der Waals surface area contributed by atoms with Gasteiger partial charge in [0.2, 0.25) is 5.90 Å². The Morgan fingerprint density at radius 3 is 2.38 bits per heavy atom. The van der Waals surface area contributed by atoms with Crippen LogP contribution >= 0.6 is 0 Å².